The topological polar surface area (TPSA) is 24.5 Å². The van der Waals surface area contributed by atoms with Crippen LogP contribution in [-0.4, -0.2) is 45.2 Å². The summed E-state index contributed by atoms with van der Waals surface area (Å²) in [5, 5.41) is 3.15. The molecule has 1 aliphatic heterocycles. The van der Waals surface area contributed by atoms with E-state index in [1.807, 2.05) is 7.05 Å². The minimum atomic E-state index is 0.876. The van der Waals surface area contributed by atoms with Gasteiger partial charge in [0.25, 0.3) is 0 Å². The lowest BCUT2D eigenvalue weighted by atomic mass is 10.2. The zero-order valence-corrected chi connectivity index (χ0v) is 8.89. The number of allylic oxidation sites excluding steroid dienone is 1. The molecule has 0 fully saturated rings. The highest BCUT2D eigenvalue weighted by Gasteiger charge is 2.13. The van der Waals surface area contributed by atoms with Crippen molar-refractivity contribution in [1.29, 1.82) is 0 Å². The van der Waals surface area contributed by atoms with E-state index in [0.717, 1.165) is 38.4 Å². The van der Waals surface area contributed by atoms with Crippen molar-refractivity contribution in [2.75, 3.05) is 40.3 Å². The van der Waals surface area contributed by atoms with Gasteiger partial charge in [-0.3, -0.25) is 0 Å². The summed E-state index contributed by atoms with van der Waals surface area (Å²) in [6, 6.07) is 0. The van der Waals surface area contributed by atoms with E-state index in [1.165, 1.54) is 5.57 Å². The van der Waals surface area contributed by atoms with Gasteiger partial charge in [0.15, 0.2) is 0 Å². The van der Waals surface area contributed by atoms with E-state index in [4.69, 9.17) is 4.74 Å². The van der Waals surface area contributed by atoms with Gasteiger partial charge in [-0.2, -0.15) is 0 Å². The van der Waals surface area contributed by atoms with Gasteiger partial charge in [-0.05, 0) is 26.6 Å². The Bertz CT molecular complexity index is 189. The average Bonchev–Trinajstić information content (AvgIpc) is 2.48. The molecule has 13 heavy (non-hydrogen) atoms. The van der Waals surface area contributed by atoms with Crippen molar-refractivity contribution in [1.82, 2.24) is 10.2 Å². The fourth-order valence-corrected chi connectivity index (χ4v) is 1.50. The summed E-state index contributed by atoms with van der Waals surface area (Å²) in [6.45, 7) is 6.12. The van der Waals surface area contributed by atoms with Crippen LogP contribution in [0.15, 0.2) is 11.3 Å². The molecular weight excluding hydrogens is 164 g/mol. The van der Waals surface area contributed by atoms with E-state index in [1.54, 1.807) is 0 Å². The summed E-state index contributed by atoms with van der Waals surface area (Å²) >= 11 is 0. The molecule has 1 N–H and O–H groups in total. The second-order valence-electron chi connectivity index (χ2n) is 3.60. The minimum absolute atomic E-state index is 0.876. The molecule has 0 aromatic rings. The zero-order valence-electron chi connectivity index (χ0n) is 8.89. The molecule has 0 saturated carbocycles. The first-order valence-corrected chi connectivity index (χ1v) is 4.88. The van der Waals surface area contributed by atoms with Gasteiger partial charge in [-0.15, -0.1) is 0 Å². The number of hydrogen-bond acceptors (Lipinski definition) is 3. The van der Waals surface area contributed by atoms with E-state index in [0.29, 0.717) is 0 Å². The summed E-state index contributed by atoms with van der Waals surface area (Å²) in [7, 11) is 4.13. The first-order valence-electron chi connectivity index (χ1n) is 4.88. The van der Waals surface area contributed by atoms with Crippen molar-refractivity contribution in [2.45, 2.75) is 13.3 Å². The maximum Gasteiger partial charge on any atom is 0.0935 e. The third-order valence-corrected chi connectivity index (χ3v) is 2.42. The van der Waals surface area contributed by atoms with Crippen molar-refractivity contribution < 1.29 is 4.74 Å². The Hall–Kier alpha value is -0.540. The van der Waals surface area contributed by atoms with Crippen LogP contribution < -0.4 is 5.32 Å². The van der Waals surface area contributed by atoms with E-state index in [9.17, 15) is 0 Å². The molecule has 0 aliphatic carbocycles. The number of rotatable bonds is 5. The molecule has 0 amide bonds. The molecule has 3 nitrogen and oxygen atoms in total. The van der Waals surface area contributed by atoms with Crippen LogP contribution in [0.1, 0.15) is 13.3 Å². The van der Waals surface area contributed by atoms with Gasteiger partial charge in [-0.25, -0.2) is 0 Å². The lowest BCUT2D eigenvalue weighted by Gasteiger charge is -2.16. The quantitative estimate of drug-likeness (QED) is 0.685. The third-order valence-electron chi connectivity index (χ3n) is 2.42. The molecule has 0 aromatic carbocycles. The summed E-state index contributed by atoms with van der Waals surface area (Å²) in [6.07, 6.45) is 1.11. The second kappa shape index (κ2) is 5.25. The van der Waals surface area contributed by atoms with Crippen molar-refractivity contribution in [3.8, 4) is 0 Å². The van der Waals surface area contributed by atoms with Crippen molar-refractivity contribution in [3.05, 3.63) is 11.3 Å². The molecular formula is C10H20N2O. The van der Waals surface area contributed by atoms with Crippen LogP contribution in [0.25, 0.3) is 0 Å². The fraction of sp³-hybridized carbons (Fsp3) is 0.800. The Morgan fingerprint density at radius 2 is 2.31 bits per heavy atom. The van der Waals surface area contributed by atoms with E-state index in [2.05, 4.69) is 24.2 Å². The van der Waals surface area contributed by atoms with Crippen LogP contribution in [0.4, 0.5) is 0 Å². The maximum atomic E-state index is 5.41. The van der Waals surface area contributed by atoms with Crippen LogP contribution >= 0.6 is 0 Å². The molecule has 0 atom stereocenters. The number of hydrogen-bond donors (Lipinski definition) is 1. The number of nitrogens with one attached hydrogen (secondary N) is 1. The minimum Gasteiger partial charge on any atom is -0.498 e. The second-order valence-corrected chi connectivity index (χ2v) is 3.60. The fourth-order valence-electron chi connectivity index (χ4n) is 1.50. The van der Waals surface area contributed by atoms with Gasteiger partial charge in [0.1, 0.15) is 0 Å². The van der Waals surface area contributed by atoms with Gasteiger partial charge >= 0.3 is 0 Å². The smallest absolute Gasteiger partial charge is 0.0935 e. The van der Waals surface area contributed by atoms with E-state index in [-0.39, 0.29) is 0 Å². The maximum absolute atomic E-state index is 5.41. The van der Waals surface area contributed by atoms with E-state index >= 15 is 0 Å². The van der Waals surface area contributed by atoms with Crippen molar-refractivity contribution in [3.63, 3.8) is 0 Å². The van der Waals surface area contributed by atoms with Gasteiger partial charge in [0.2, 0.25) is 0 Å². The Morgan fingerprint density at radius 3 is 2.85 bits per heavy atom. The van der Waals surface area contributed by atoms with Gasteiger partial charge in [-0.1, -0.05) is 0 Å². The predicted octanol–water partition coefficient (Wildman–Crippen LogP) is 0.832. The summed E-state index contributed by atoms with van der Waals surface area (Å²) in [4.78, 5) is 2.32. The monoisotopic (exact) mass is 184 g/mol. The van der Waals surface area contributed by atoms with Crippen LogP contribution in [0.2, 0.25) is 0 Å². The molecule has 76 valence electrons. The first-order chi connectivity index (χ1) is 6.24. The van der Waals surface area contributed by atoms with Crippen LogP contribution in [0, 0.1) is 0 Å². The SMILES string of the molecule is CNCCN(C)CC1=C(C)OCC1. The standard InChI is InChI=1S/C10H20N2O/c1-9-10(4-7-13-9)8-12(3)6-5-11-2/h11H,4-8H2,1-3H3. The molecule has 1 rings (SSSR count). The van der Waals surface area contributed by atoms with Crippen molar-refractivity contribution >= 4 is 0 Å². The number of nitrogens with zero attached hydrogens (tertiary/aromatic N) is 1. The van der Waals surface area contributed by atoms with Gasteiger partial charge in [0.05, 0.1) is 12.4 Å². The zero-order chi connectivity index (χ0) is 9.68. The Kier molecular flexibility index (Phi) is 4.25. The van der Waals surface area contributed by atoms with E-state index < -0.39 is 0 Å². The molecule has 0 radical (unpaired) electrons. The average molecular weight is 184 g/mol. The Labute approximate surface area is 80.8 Å². The Morgan fingerprint density at radius 1 is 1.54 bits per heavy atom. The van der Waals surface area contributed by atoms with Crippen molar-refractivity contribution in [2.24, 2.45) is 0 Å². The van der Waals surface area contributed by atoms with Gasteiger partial charge < -0.3 is 15.0 Å². The largest absolute Gasteiger partial charge is 0.498 e. The number of likely N-dealkylation sites (N-methyl/N-ethyl adjacent to an activating group) is 2. The Balaban J connectivity index is 2.27. The molecule has 0 aromatic heterocycles. The first kappa shape index (κ1) is 10.5. The molecule has 0 saturated heterocycles. The molecule has 1 aliphatic rings. The molecule has 0 bridgehead atoms. The van der Waals surface area contributed by atoms with Crippen LogP contribution in [0.5, 0.6) is 0 Å². The molecule has 3 heteroatoms. The predicted molar refractivity (Wildman–Crippen MR) is 54.7 cm³/mol. The number of ether oxygens (including phenoxy) is 1. The molecule has 1 heterocycles. The van der Waals surface area contributed by atoms with Gasteiger partial charge in [0, 0.05) is 26.1 Å². The summed E-state index contributed by atoms with van der Waals surface area (Å²) in [5.74, 6) is 1.14. The molecule has 0 unspecified atom stereocenters. The highest BCUT2D eigenvalue weighted by atomic mass is 16.5. The lowest BCUT2D eigenvalue weighted by Crippen LogP contribution is -2.29. The highest BCUT2D eigenvalue weighted by molar-refractivity contribution is 5.12. The normalized spacial score (nSPS) is 16.9. The van der Waals surface area contributed by atoms with Crippen LogP contribution in [0.3, 0.4) is 0 Å². The molecule has 0 spiro atoms. The van der Waals surface area contributed by atoms with Crippen LogP contribution in [-0.2, 0) is 4.74 Å². The summed E-state index contributed by atoms with van der Waals surface area (Å²) < 4.78 is 5.41. The lowest BCUT2D eigenvalue weighted by molar-refractivity contribution is 0.246. The third kappa shape index (κ3) is 3.36. The summed E-state index contributed by atoms with van der Waals surface area (Å²) in [5.41, 5.74) is 1.46. The highest BCUT2D eigenvalue weighted by Crippen LogP contribution is 2.18.